The van der Waals surface area contributed by atoms with Gasteiger partial charge in [0.05, 0.1) is 5.69 Å². The maximum atomic E-state index is 5.63. The molecule has 6 heteroatoms. The monoisotopic (exact) mass is 248 g/mol. The number of pyridine rings is 1. The zero-order valence-corrected chi connectivity index (χ0v) is 10.5. The van der Waals surface area contributed by atoms with Crippen LogP contribution in [0.25, 0.3) is 0 Å². The highest BCUT2D eigenvalue weighted by Crippen LogP contribution is 2.18. The quantitative estimate of drug-likeness (QED) is 0.854. The molecule has 0 fully saturated rings. The molecule has 0 aromatic carbocycles. The van der Waals surface area contributed by atoms with Gasteiger partial charge in [0.1, 0.15) is 5.75 Å². The van der Waals surface area contributed by atoms with Gasteiger partial charge < -0.3 is 15.0 Å². The average molecular weight is 248 g/mol. The van der Waals surface area contributed by atoms with Crippen molar-refractivity contribution in [2.75, 3.05) is 6.54 Å². The molecule has 0 unspecified atom stereocenters. The van der Waals surface area contributed by atoms with Crippen molar-refractivity contribution < 1.29 is 9.26 Å². The summed E-state index contributed by atoms with van der Waals surface area (Å²) < 4.78 is 10.6. The van der Waals surface area contributed by atoms with Crippen molar-refractivity contribution in [1.29, 1.82) is 0 Å². The van der Waals surface area contributed by atoms with Crippen LogP contribution in [0.3, 0.4) is 0 Å². The third-order valence-electron chi connectivity index (χ3n) is 2.37. The van der Waals surface area contributed by atoms with E-state index in [-0.39, 0.29) is 6.61 Å². The highest BCUT2D eigenvalue weighted by atomic mass is 16.5. The molecule has 2 aromatic rings. The highest BCUT2D eigenvalue weighted by Gasteiger charge is 2.08. The summed E-state index contributed by atoms with van der Waals surface area (Å²) in [6, 6.07) is 3.78. The first-order valence-electron chi connectivity index (χ1n) is 5.77. The molecule has 2 N–H and O–H groups in total. The van der Waals surface area contributed by atoms with Gasteiger partial charge in [-0.2, -0.15) is 4.98 Å². The second-order valence-corrected chi connectivity index (χ2v) is 3.96. The molecule has 0 aliphatic heterocycles. The topological polar surface area (TPSA) is 87.1 Å². The normalized spacial score (nSPS) is 10.6. The van der Waals surface area contributed by atoms with Crippen molar-refractivity contribution in [2.45, 2.75) is 26.9 Å². The van der Waals surface area contributed by atoms with Crippen molar-refractivity contribution in [3.05, 3.63) is 35.2 Å². The van der Waals surface area contributed by atoms with Crippen molar-refractivity contribution in [3.63, 3.8) is 0 Å². The predicted molar refractivity (Wildman–Crippen MR) is 65.1 cm³/mol. The molecule has 2 heterocycles. The van der Waals surface area contributed by atoms with Crippen molar-refractivity contribution in [2.24, 2.45) is 5.73 Å². The molecule has 2 rings (SSSR count). The van der Waals surface area contributed by atoms with Crippen molar-refractivity contribution in [1.82, 2.24) is 15.1 Å². The van der Waals surface area contributed by atoms with E-state index in [1.54, 1.807) is 6.92 Å². The number of rotatable bonds is 5. The summed E-state index contributed by atoms with van der Waals surface area (Å²) in [5, 5.41) is 3.70. The molecule has 0 saturated heterocycles. The van der Waals surface area contributed by atoms with Crippen LogP contribution in [0, 0.1) is 13.8 Å². The van der Waals surface area contributed by atoms with E-state index in [0.717, 1.165) is 11.4 Å². The molecule has 0 bridgehead atoms. The van der Waals surface area contributed by atoms with Crippen LogP contribution in [0.4, 0.5) is 0 Å². The number of aromatic nitrogens is 3. The van der Waals surface area contributed by atoms with Gasteiger partial charge >= 0.3 is 0 Å². The summed E-state index contributed by atoms with van der Waals surface area (Å²) in [5.41, 5.74) is 7.35. The Morgan fingerprint density at radius 3 is 2.78 bits per heavy atom. The fraction of sp³-hybridized carbons (Fsp3) is 0.417. The third kappa shape index (κ3) is 3.04. The predicted octanol–water partition coefficient (Wildman–Crippen LogP) is 1.16. The zero-order valence-electron chi connectivity index (χ0n) is 10.5. The first-order valence-corrected chi connectivity index (χ1v) is 5.77. The van der Waals surface area contributed by atoms with Crippen LogP contribution in [-0.2, 0) is 13.0 Å². The van der Waals surface area contributed by atoms with E-state index < -0.39 is 0 Å². The molecular formula is C12H16N4O2. The van der Waals surface area contributed by atoms with Gasteiger partial charge in [0, 0.05) is 12.1 Å². The lowest BCUT2D eigenvalue weighted by molar-refractivity contribution is 0.240. The Labute approximate surface area is 105 Å². The minimum atomic E-state index is 0.239. The van der Waals surface area contributed by atoms with Crippen LogP contribution in [0.15, 0.2) is 16.7 Å². The number of ether oxygens (including phenoxy) is 1. The molecule has 0 spiro atoms. The van der Waals surface area contributed by atoms with Gasteiger partial charge in [-0.15, -0.1) is 0 Å². The molecule has 0 aliphatic carbocycles. The van der Waals surface area contributed by atoms with E-state index in [1.165, 1.54) is 0 Å². The van der Waals surface area contributed by atoms with E-state index in [2.05, 4.69) is 15.1 Å². The Bertz CT molecular complexity index is 525. The van der Waals surface area contributed by atoms with E-state index in [4.69, 9.17) is 15.0 Å². The smallest absolute Gasteiger partial charge is 0.264 e. The summed E-state index contributed by atoms with van der Waals surface area (Å²) >= 11 is 0. The summed E-state index contributed by atoms with van der Waals surface area (Å²) in [6.45, 7) is 4.47. The fourth-order valence-corrected chi connectivity index (χ4v) is 1.58. The lowest BCUT2D eigenvalue weighted by atomic mass is 10.2. The van der Waals surface area contributed by atoms with Gasteiger partial charge in [0.15, 0.2) is 12.4 Å². The number of hydrogen-bond acceptors (Lipinski definition) is 6. The summed E-state index contributed by atoms with van der Waals surface area (Å²) in [5.74, 6) is 1.76. The molecule has 0 atom stereocenters. The van der Waals surface area contributed by atoms with Crippen LogP contribution < -0.4 is 10.5 Å². The molecule has 0 radical (unpaired) electrons. The van der Waals surface area contributed by atoms with Gasteiger partial charge in [0.2, 0.25) is 0 Å². The number of aryl methyl sites for hydroxylation is 2. The van der Waals surface area contributed by atoms with E-state index >= 15 is 0 Å². The molecule has 6 nitrogen and oxygen atoms in total. The fourth-order valence-electron chi connectivity index (χ4n) is 1.58. The van der Waals surface area contributed by atoms with Gasteiger partial charge in [-0.05, 0) is 32.5 Å². The third-order valence-corrected chi connectivity index (χ3v) is 2.37. The maximum Gasteiger partial charge on any atom is 0.264 e. The zero-order chi connectivity index (χ0) is 13.0. The SMILES string of the molecule is Cc1ccc(OCc2nc(C)no2)c(CCN)n1. The van der Waals surface area contributed by atoms with Crippen LogP contribution in [0.5, 0.6) is 5.75 Å². The molecule has 0 amide bonds. The standard InChI is InChI=1S/C12H16N4O2/c1-8-3-4-11(10(14-8)5-6-13)17-7-12-15-9(2)16-18-12/h3-4H,5-7,13H2,1-2H3. The Balaban J connectivity index is 2.08. The van der Waals surface area contributed by atoms with E-state index in [0.29, 0.717) is 30.4 Å². The lowest BCUT2D eigenvalue weighted by Gasteiger charge is -2.09. The maximum absolute atomic E-state index is 5.63. The van der Waals surface area contributed by atoms with Crippen molar-refractivity contribution in [3.8, 4) is 5.75 Å². The lowest BCUT2D eigenvalue weighted by Crippen LogP contribution is -2.08. The number of hydrogen-bond donors (Lipinski definition) is 1. The summed E-state index contributed by atoms with van der Waals surface area (Å²) in [7, 11) is 0. The first kappa shape index (κ1) is 12.5. The molecule has 96 valence electrons. The van der Waals surface area contributed by atoms with Crippen LogP contribution in [-0.4, -0.2) is 21.7 Å². The Morgan fingerprint density at radius 2 is 2.11 bits per heavy atom. The van der Waals surface area contributed by atoms with E-state index in [1.807, 2.05) is 19.1 Å². The summed E-state index contributed by atoms with van der Waals surface area (Å²) in [6.07, 6.45) is 0.680. The molecule has 0 saturated carbocycles. The van der Waals surface area contributed by atoms with Crippen LogP contribution in [0.2, 0.25) is 0 Å². The van der Waals surface area contributed by atoms with Gasteiger partial charge in [-0.25, -0.2) is 0 Å². The largest absolute Gasteiger partial charge is 0.482 e. The first-order chi connectivity index (χ1) is 8.69. The van der Waals surface area contributed by atoms with Gasteiger partial charge in [-0.3, -0.25) is 4.98 Å². The second kappa shape index (κ2) is 5.59. The number of nitrogens with two attached hydrogens (primary N) is 1. The Kier molecular flexibility index (Phi) is 3.88. The van der Waals surface area contributed by atoms with Crippen molar-refractivity contribution >= 4 is 0 Å². The highest BCUT2D eigenvalue weighted by molar-refractivity contribution is 5.29. The van der Waals surface area contributed by atoms with Crippen LogP contribution >= 0.6 is 0 Å². The van der Waals surface area contributed by atoms with Gasteiger partial charge in [0.25, 0.3) is 5.89 Å². The molecular weight excluding hydrogens is 232 g/mol. The summed E-state index contributed by atoms with van der Waals surface area (Å²) in [4.78, 5) is 8.48. The molecule has 2 aromatic heterocycles. The Hall–Kier alpha value is -1.95. The minimum absolute atomic E-state index is 0.239. The Morgan fingerprint density at radius 1 is 1.28 bits per heavy atom. The average Bonchev–Trinajstić information content (AvgIpc) is 2.75. The molecule has 18 heavy (non-hydrogen) atoms. The molecule has 0 aliphatic rings. The second-order valence-electron chi connectivity index (χ2n) is 3.96. The number of nitrogens with zero attached hydrogens (tertiary/aromatic N) is 3. The van der Waals surface area contributed by atoms with Gasteiger partial charge in [-0.1, -0.05) is 5.16 Å². The van der Waals surface area contributed by atoms with E-state index in [9.17, 15) is 0 Å². The minimum Gasteiger partial charge on any atom is -0.482 e. The van der Waals surface area contributed by atoms with Crippen LogP contribution in [0.1, 0.15) is 23.1 Å².